The van der Waals surface area contributed by atoms with Crippen molar-refractivity contribution in [3.63, 3.8) is 0 Å². The number of pyridine rings is 1. The van der Waals surface area contributed by atoms with Gasteiger partial charge in [0.25, 0.3) is 0 Å². The van der Waals surface area contributed by atoms with Crippen molar-refractivity contribution in [2.75, 3.05) is 11.1 Å². The first-order valence-corrected chi connectivity index (χ1v) is 7.01. The molecule has 3 rings (SSSR count). The molecule has 21 heavy (non-hydrogen) atoms. The predicted octanol–water partition coefficient (Wildman–Crippen LogP) is 3.42. The minimum Gasteiger partial charge on any atom is -0.394 e. The Morgan fingerprint density at radius 3 is 2.71 bits per heavy atom. The van der Waals surface area contributed by atoms with Crippen LogP contribution >= 0.6 is 0 Å². The molecule has 5 nitrogen and oxygen atoms in total. The third-order valence-electron chi connectivity index (χ3n) is 3.56. The van der Waals surface area contributed by atoms with Crippen LogP contribution in [0.4, 0.5) is 17.2 Å². The van der Waals surface area contributed by atoms with Gasteiger partial charge in [-0.15, -0.1) is 0 Å². The van der Waals surface area contributed by atoms with E-state index in [1.165, 1.54) is 0 Å². The van der Waals surface area contributed by atoms with Crippen molar-refractivity contribution in [2.45, 2.75) is 19.8 Å². The second kappa shape index (κ2) is 5.09. The summed E-state index contributed by atoms with van der Waals surface area (Å²) in [6.45, 7) is 4.18. The van der Waals surface area contributed by atoms with Gasteiger partial charge in [-0.1, -0.05) is 19.9 Å². The van der Waals surface area contributed by atoms with Crippen LogP contribution in [-0.2, 0) is 7.05 Å². The van der Waals surface area contributed by atoms with Crippen molar-refractivity contribution in [3.05, 3.63) is 42.2 Å². The number of nitrogens with zero attached hydrogens (tertiary/aromatic N) is 3. The number of nitrogens with two attached hydrogens (primary N) is 1. The maximum absolute atomic E-state index is 6.24. The number of aryl methyl sites for hydroxylation is 1. The van der Waals surface area contributed by atoms with Crippen molar-refractivity contribution in [3.8, 4) is 0 Å². The zero-order chi connectivity index (χ0) is 15.0. The molecule has 0 saturated carbocycles. The number of benzene rings is 1. The Bertz CT molecular complexity index is 783. The van der Waals surface area contributed by atoms with Crippen LogP contribution in [0.15, 0.2) is 36.5 Å². The Morgan fingerprint density at radius 1 is 1.19 bits per heavy atom. The second-order valence-corrected chi connectivity index (χ2v) is 5.43. The lowest BCUT2D eigenvalue weighted by Crippen LogP contribution is -2.01. The molecule has 0 amide bonds. The fourth-order valence-corrected chi connectivity index (χ4v) is 2.48. The van der Waals surface area contributed by atoms with E-state index in [0.29, 0.717) is 11.6 Å². The van der Waals surface area contributed by atoms with Gasteiger partial charge in [-0.25, -0.2) is 0 Å². The topological polar surface area (TPSA) is 68.8 Å². The largest absolute Gasteiger partial charge is 0.394 e. The number of hydrogen-bond acceptors (Lipinski definition) is 4. The zero-order valence-electron chi connectivity index (χ0n) is 12.5. The van der Waals surface area contributed by atoms with Crippen molar-refractivity contribution < 1.29 is 0 Å². The van der Waals surface area contributed by atoms with Crippen LogP contribution in [0.2, 0.25) is 0 Å². The molecule has 108 valence electrons. The summed E-state index contributed by atoms with van der Waals surface area (Å²) in [6, 6.07) is 9.96. The number of rotatable bonds is 3. The van der Waals surface area contributed by atoms with Gasteiger partial charge in [0, 0.05) is 24.3 Å². The average Bonchev–Trinajstić information content (AvgIpc) is 2.76. The fourth-order valence-electron chi connectivity index (χ4n) is 2.48. The molecule has 0 aliphatic heterocycles. The highest BCUT2D eigenvalue weighted by atomic mass is 15.3. The summed E-state index contributed by atoms with van der Waals surface area (Å²) < 4.78 is 1.79. The minimum absolute atomic E-state index is 0.293. The normalized spacial score (nSPS) is 11.2. The van der Waals surface area contributed by atoms with E-state index in [2.05, 4.69) is 29.2 Å². The van der Waals surface area contributed by atoms with E-state index in [-0.39, 0.29) is 0 Å². The highest BCUT2D eigenvalue weighted by molar-refractivity contribution is 5.93. The SMILES string of the molecule is CC(C)c1nn(C)c(Nc2cccc3ncccc23)c1N. The third kappa shape index (κ3) is 2.31. The molecule has 3 N–H and O–H groups in total. The minimum atomic E-state index is 0.293. The number of nitrogen functional groups attached to an aromatic ring is 1. The first-order chi connectivity index (χ1) is 10.1. The Balaban J connectivity index is 2.07. The van der Waals surface area contributed by atoms with E-state index < -0.39 is 0 Å². The maximum atomic E-state index is 6.24. The van der Waals surface area contributed by atoms with Crippen molar-refractivity contribution >= 4 is 28.1 Å². The highest BCUT2D eigenvalue weighted by Crippen LogP contribution is 2.32. The molecule has 3 aromatic rings. The summed E-state index contributed by atoms with van der Waals surface area (Å²) >= 11 is 0. The lowest BCUT2D eigenvalue weighted by molar-refractivity contribution is 0.718. The van der Waals surface area contributed by atoms with Crippen LogP contribution in [0.3, 0.4) is 0 Å². The summed E-state index contributed by atoms with van der Waals surface area (Å²) in [5.41, 5.74) is 9.78. The molecule has 2 aromatic heterocycles. The van der Waals surface area contributed by atoms with Crippen LogP contribution in [0.25, 0.3) is 10.9 Å². The molecule has 0 bridgehead atoms. The molecule has 0 saturated heterocycles. The van der Waals surface area contributed by atoms with E-state index >= 15 is 0 Å². The second-order valence-electron chi connectivity index (χ2n) is 5.43. The quantitative estimate of drug-likeness (QED) is 0.772. The third-order valence-corrected chi connectivity index (χ3v) is 3.56. The van der Waals surface area contributed by atoms with Crippen molar-refractivity contribution in [1.82, 2.24) is 14.8 Å². The van der Waals surface area contributed by atoms with Gasteiger partial charge in [-0.3, -0.25) is 9.67 Å². The smallest absolute Gasteiger partial charge is 0.152 e. The molecule has 1 aromatic carbocycles. The predicted molar refractivity (Wildman–Crippen MR) is 86.7 cm³/mol. The standard InChI is InChI=1S/C16H19N5/c1-10(2)15-14(17)16(21(3)20-15)19-13-8-4-7-12-11(13)6-5-9-18-12/h4-10,19H,17H2,1-3H3. The molecular weight excluding hydrogens is 262 g/mol. The first-order valence-electron chi connectivity index (χ1n) is 7.01. The Kier molecular flexibility index (Phi) is 3.25. The van der Waals surface area contributed by atoms with Crippen LogP contribution in [0.1, 0.15) is 25.5 Å². The molecule has 0 aliphatic carbocycles. The van der Waals surface area contributed by atoms with Crippen LogP contribution < -0.4 is 11.1 Å². The fraction of sp³-hybridized carbons (Fsp3) is 0.250. The molecule has 0 fully saturated rings. The number of nitrogens with one attached hydrogen (secondary N) is 1. The van der Waals surface area contributed by atoms with Crippen molar-refractivity contribution in [2.24, 2.45) is 7.05 Å². The van der Waals surface area contributed by atoms with Gasteiger partial charge in [0.2, 0.25) is 0 Å². The van der Waals surface area contributed by atoms with Gasteiger partial charge >= 0.3 is 0 Å². The van der Waals surface area contributed by atoms with Crippen LogP contribution in [-0.4, -0.2) is 14.8 Å². The number of fused-ring (bicyclic) bond motifs is 1. The molecule has 5 heteroatoms. The molecule has 0 unspecified atom stereocenters. The number of hydrogen-bond donors (Lipinski definition) is 2. The number of aromatic nitrogens is 3. The van der Waals surface area contributed by atoms with Crippen LogP contribution in [0.5, 0.6) is 0 Å². The lowest BCUT2D eigenvalue weighted by Gasteiger charge is -2.10. The van der Waals surface area contributed by atoms with Crippen molar-refractivity contribution in [1.29, 1.82) is 0 Å². The summed E-state index contributed by atoms with van der Waals surface area (Å²) in [5.74, 6) is 1.11. The van der Waals surface area contributed by atoms with Gasteiger partial charge in [0.1, 0.15) is 0 Å². The van der Waals surface area contributed by atoms with Gasteiger partial charge in [0.15, 0.2) is 5.82 Å². The lowest BCUT2D eigenvalue weighted by atomic mass is 10.1. The highest BCUT2D eigenvalue weighted by Gasteiger charge is 2.16. The van der Waals surface area contributed by atoms with Gasteiger partial charge < -0.3 is 11.1 Å². The molecule has 0 aliphatic rings. The molecule has 0 spiro atoms. The van der Waals surface area contributed by atoms with E-state index in [1.807, 2.05) is 37.4 Å². The number of anilines is 3. The first kappa shape index (κ1) is 13.4. The van der Waals surface area contributed by atoms with E-state index in [1.54, 1.807) is 10.9 Å². The van der Waals surface area contributed by atoms with Gasteiger partial charge in [0.05, 0.1) is 16.9 Å². The Labute approximate surface area is 123 Å². The van der Waals surface area contributed by atoms with Gasteiger partial charge in [-0.05, 0) is 30.2 Å². The van der Waals surface area contributed by atoms with E-state index in [9.17, 15) is 0 Å². The Morgan fingerprint density at radius 2 is 2.00 bits per heavy atom. The molecular formula is C16H19N5. The average molecular weight is 281 g/mol. The molecule has 0 radical (unpaired) electrons. The van der Waals surface area contributed by atoms with E-state index in [4.69, 9.17) is 5.73 Å². The molecule has 0 atom stereocenters. The van der Waals surface area contributed by atoms with E-state index in [0.717, 1.165) is 28.1 Å². The van der Waals surface area contributed by atoms with Crippen LogP contribution in [0, 0.1) is 0 Å². The summed E-state index contributed by atoms with van der Waals surface area (Å²) in [7, 11) is 1.90. The molecule has 2 heterocycles. The Hall–Kier alpha value is -2.56. The summed E-state index contributed by atoms with van der Waals surface area (Å²) in [6.07, 6.45) is 1.79. The zero-order valence-corrected chi connectivity index (χ0v) is 12.5. The summed E-state index contributed by atoms with van der Waals surface area (Å²) in [5, 5.41) is 8.96. The maximum Gasteiger partial charge on any atom is 0.152 e. The monoisotopic (exact) mass is 281 g/mol. The van der Waals surface area contributed by atoms with Gasteiger partial charge in [-0.2, -0.15) is 5.10 Å². The summed E-state index contributed by atoms with van der Waals surface area (Å²) in [4.78, 5) is 4.37.